The van der Waals surface area contributed by atoms with Gasteiger partial charge in [-0.3, -0.25) is 4.79 Å². The van der Waals surface area contributed by atoms with Crippen molar-refractivity contribution in [1.29, 1.82) is 5.26 Å². The summed E-state index contributed by atoms with van der Waals surface area (Å²) in [4.78, 5) is 11.7. The zero-order chi connectivity index (χ0) is 13.5. The highest BCUT2D eigenvalue weighted by Crippen LogP contribution is 2.17. The van der Waals surface area contributed by atoms with Crippen molar-refractivity contribution in [3.63, 3.8) is 0 Å². The SMILES string of the molecule is N#CCc1ccc(NCC(=O)NC2CCCC2)cc1. The summed E-state index contributed by atoms with van der Waals surface area (Å²) in [5.41, 5.74) is 1.90. The molecule has 2 rings (SSSR count). The maximum Gasteiger partial charge on any atom is 0.239 e. The fraction of sp³-hybridized carbons (Fsp3) is 0.467. The molecule has 0 aromatic heterocycles. The molecule has 0 radical (unpaired) electrons. The Morgan fingerprint density at radius 3 is 2.58 bits per heavy atom. The number of carbonyl (C=O) groups excluding carboxylic acids is 1. The maximum atomic E-state index is 11.7. The van der Waals surface area contributed by atoms with Crippen LogP contribution in [0.5, 0.6) is 0 Å². The van der Waals surface area contributed by atoms with Crippen LogP contribution in [0, 0.1) is 11.3 Å². The topological polar surface area (TPSA) is 64.9 Å². The summed E-state index contributed by atoms with van der Waals surface area (Å²) >= 11 is 0. The third kappa shape index (κ3) is 4.29. The number of anilines is 1. The Morgan fingerprint density at radius 2 is 1.95 bits per heavy atom. The fourth-order valence-corrected chi connectivity index (χ4v) is 2.36. The van der Waals surface area contributed by atoms with Crippen LogP contribution in [-0.4, -0.2) is 18.5 Å². The molecule has 1 fully saturated rings. The summed E-state index contributed by atoms with van der Waals surface area (Å²) in [6, 6.07) is 10.1. The molecular weight excluding hydrogens is 238 g/mol. The van der Waals surface area contributed by atoms with Crippen molar-refractivity contribution in [2.75, 3.05) is 11.9 Å². The van der Waals surface area contributed by atoms with Crippen molar-refractivity contribution in [2.45, 2.75) is 38.1 Å². The normalized spacial score (nSPS) is 14.9. The van der Waals surface area contributed by atoms with Gasteiger partial charge in [-0.1, -0.05) is 25.0 Å². The Kier molecular flexibility index (Phi) is 4.79. The number of carbonyl (C=O) groups is 1. The zero-order valence-corrected chi connectivity index (χ0v) is 11.0. The smallest absolute Gasteiger partial charge is 0.239 e. The van der Waals surface area contributed by atoms with Gasteiger partial charge in [0.2, 0.25) is 5.91 Å². The van der Waals surface area contributed by atoms with Gasteiger partial charge in [0.1, 0.15) is 0 Å². The average molecular weight is 257 g/mol. The quantitative estimate of drug-likeness (QED) is 0.850. The molecule has 0 bridgehead atoms. The van der Waals surface area contributed by atoms with Crippen LogP contribution in [0.25, 0.3) is 0 Å². The molecule has 4 heteroatoms. The molecule has 1 aromatic carbocycles. The van der Waals surface area contributed by atoms with Crippen molar-refractivity contribution >= 4 is 11.6 Å². The van der Waals surface area contributed by atoms with Crippen molar-refractivity contribution in [1.82, 2.24) is 5.32 Å². The molecule has 0 atom stereocenters. The second kappa shape index (κ2) is 6.79. The zero-order valence-electron chi connectivity index (χ0n) is 11.0. The van der Waals surface area contributed by atoms with E-state index in [1.807, 2.05) is 24.3 Å². The van der Waals surface area contributed by atoms with Crippen molar-refractivity contribution in [3.05, 3.63) is 29.8 Å². The van der Waals surface area contributed by atoms with Gasteiger partial charge < -0.3 is 10.6 Å². The van der Waals surface area contributed by atoms with E-state index in [-0.39, 0.29) is 5.91 Å². The molecule has 100 valence electrons. The first kappa shape index (κ1) is 13.4. The first-order valence-electron chi connectivity index (χ1n) is 6.77. The molecular formula is C15H19N3O. The molecule has 1 aliphatic carbocycles. The number of amides is 1. The number of nitrogens with zero attached hydrogens (tertiary/aromatic N) is 1. The van der Waals surface area contributed by atoms with Gasteiger partial charge >= 0.3 is 0 Å². The molecule has 1 aliphatic rings. The maximum absolute atomic E-state index is 11.7. The number of nitriles is 1. The lowest BCUT2D eigenvalue weighted by Gasteiger charge is -2.12. The Bertz CT molecular complexity index is 455. The van der Waals surface area contributed by atoms with Crippen molar-refractivity contribution in [2.24, 2.45) is 0 Å². The van der Waals surface area contributed by atoms with Gasteiger partial charge in [0, 0.05) is 11.7 Å². The lowest BCUT2D eigenvalue weighted by Crippen LogP contribution is -2.36. The Balaban J connectivity index is 1.75. The Morgan fingerprint density at radius 1 is 1.26 bits per heavy atom. The van der Waals surface area contributed by atoms with E-state index in [0.29, 0.717) is 19.0 Å². The van der Waals surface area contributed by atoms with Crippen LogP contribution >= 0.6 is 0 Å². The van der Waals surface area contributed by atoms with E-state index in [1.54, 1.807) is 0 Å². The highest BCUT2D eigenvalue weighted by atomic mass is 16.1. The molecule has 0 saturated heterocycles. The predicted octanol–water partition coefficient (Wildman–Crippen LogP) is 2.22. The summed E-state index contributed by atoms with van der Waals surface area (Å²) in [7, 11) is 0. The van der Waals surface area contributed by atoms with E-state index in [4.69, 9.17) is 5.26 Å². The van der Waals surface area contributed by atoms with Crippen LogP contribution in [0.2, 0.25) is 0 Å². The predicted molar refractivity (Wildman–Crippen MR) is 74.6 cm³/mol. The minimum Gasteiger partial charge on any atom is -0.376 e. The minimum absolute atomic E-state index is 0.0491. The third-order valence-electron chi connectivity index (χ3n) is 3.41. The van der Waals surface area contributed by atoms with Crippen molar-refractivity contribution in [3.8, 4) is 6.07 Å². The van der Waals surface area contributed by atoms with Gasteiger partial charge in [-0.05, 0) is 30.5 Å². The number of hydrogen-bond donors (Lipinski definition) is 2. The van der Waals surface area contributed by atoms with Crippen LogP contribution in [0.1, 0.15) is 31.2 Å². The number of hydrogen-bond acceptors (Lipinski definition) is 3. The Labute approximate surface area is 113 Å². The Hall–Kier alpha value is -2.02. The summed E-state index contributed by atoms with van der Waals surface area (Å²) in [5.74, 6) is 0.0491. The monoisotopic (exact) mass is 257 g/mol. The van der Waals surface area contributed by atoms with Crippen LogP contribution in [-0.2, 0) is 11.2 Å². The first-order valence-corrected chi connectivity index (χ1v) is 6.77. The minimum atomic E-state index is 0.0491. The van der Waals surface area contributed by atoms with Gasteiger partial charge in [-0.2, -0.15) is 5.26 Å². The summed E-state index contributed by atoms with van der Waals surface area (Å²) in [5, 5.41) is 14.7. The molecule has 1 aromatic rings. The highest BCUT2D eigenvalue weighted by molar-refractivity contribution is 5.81. The molecule has 0 aliphatic heterocycles. The molecule has 19 heavy (non-hydrogen) atoms. The van der Waals surface area contributed by atoms with Crippen LogP contribution in [0.4, 0.5) is 5.69 Å². The average Bonchev–Trinajstić information content (AvgIpc) is 2.91. The largest absolute Gasteiger partial charge is 0.376 e. The second-order valence-corrected chi connectivity index (χ2v) is 4.93. The van der Waals surface area contributed by atoms with E-state index in [1.165, 1.54) is 12.8 Å². The molecule has 0 spiro atoms. The molecule has 4 nitrogen and oxygen atoms in total. The van der Waals surface area contributed by atoms with E-state index >= 15 is 0 Å². The summed E-state index contributed by atoms with van der Waals surface area (Å²) < 4.78 is 0. The third-order valence-corrected chi connectivity index (χ3v) is 3.41. The number of nitrogens with one attached hydrogen (secondary N) is 2. The van der Waals surface area contributed by atoms with E-state index in [0.717, 1.165) is 24.1 Å². The van der Waals surface area contributed by atoms with E-state index in [9.17, 15) is 4.79 Å². The first-order chi connectivity index (χ1) is 9.28. The van der Waals surface area contributed by atoms with Gasteiger partial charge in [-0.25, -0.2) is 0 Å². The standard InChI is InChI=1S/C15H19N3O/c16-10-9-12-5-7-13(8-6-12)17-11-15(19)18-14-3-1-2-4-14/h5-8,14,17H,1-4,9,11H2,(H,18,19). The van der Waals surface area contributed by atoms with Gasteiger partial charge in [-0.15, -0.1) is 0 Å². The van der Waals surface area contributed by atoms with Crippen LogP contribution in [0.15, 0.2) is 24.3 Å². The van der Waals surface area contributed by atoms with E-state index in [2.05, 4.69) is 16.7 Å². The molecule has 1 amide bonds. The fourth-order valence-electron chi connectivity index (χ4n) is 2.36. The molecule has 1 saturated carbocycles. The van der Waals surface area contributed by atoms with Crippen molar-refractivity contribution < 1.29 is 4.79 Å². The lowest BCUT2D eigenvalue weighted by molar-refractivity contribution is -0.120. The van der Waals surface area contributed by atoms with Gasteiger partial charge in [0.25, 0.3) is 0 Å². The molecule has 0 heterocycles. The van der Waals surface area contributed by atoms with Gasteiger partial charge in [0.05, 0.1) is 19.0 Å². The van der Waals surface area contributed by atoms with E-state index < -0.39 is 0 Å². The summed E-state index contributed by atoms with van der Waals surface area (Å²) in [6.45, 7) is 0.300. The van der Waals surface area contributed by atoms with Crippen LogP contribution < -0.4 is 10.6 Å². The number of benzene rings is 1. The lowest BCUT2D eigenvalue weighted by atomic mass is 10.1. The highest BCUT2D eigenvalue weighted by Gasteiger charge is 2.16. The number of rotatable bonds is 5. The molecule has 0 unspecified atom stereocenters. The molecule has 2 N–H and O–H groups in total. The summed E-state index contributed by atoms with van der Waals surface area (Å²) in [6.07, 6.45) is 5.07. The second-order valence-electron chi connectivity index (χ2n) is 4.93. The van der Waals surface area contributed by atoms with Gasteiger partial charge in [0.15, 0.2) is 0 Å². The van der Waals surface area contributed by atoms with Crippen LogP contribution in [0.3, 0.4) is 0 Å².